The van der Waals surface area contributed by atoms with E-state index in [2.05, 4.69) is 0 Å². The summed E-state index contributed by atoms with van der Waals surface area (Å²) in [4.78, 5) is 25.8. The lowest BCUT2D eigenvalue weighted by Gasteiger charge is -2.09. The van der Waals surface area contributed by atoms with Gasteiger partial charge >= 0.3 is 5.97 Å². The third kappa shape index (κ3) is 4.29. The molecule has 0 aliphatic rings. The molecule has 0 fully saturated rings. The van der Waals surface area contributed by atoms with Crippen molar-refractivity contribution in [2.75, 3.05) is 7.11 Å². The fraction of sp³-hybridized carbons (Fsp3) is 0.0625. The molecule has 0 amide bonds. The Kier molecular flexibility index (Phi) is 6.11. The van der Waals surface area contributed by atoms with E-state index in [1.54, 1.807) is 0 Å². The summed E-state index contributed by atoms with van der Waals surface area (Å²) >= 11 is 0. The molecule has 2 heterocycles. The Morgan fingerprint density at radius 1 is 0.707 bits per heavy atom. The van der Waals surface area contributed by atoms with Crippen molar-refractivity contribution in [3.05, 3.63) is 94.6 Å². The van der Waals surface area contributed by atoms with E-state index in [1.165, 1.54) is 25.3 Å². The van der Waals surface area contributed by atoms with Crippen LogP contribution in [0.5, 0.6) is 23.0 Å². The summed E-state index contributed by atoms with van der Waals surface area (Å²) in [6.45, 7) is 0. The minimum atomic E-state index is -0.938. The average Bonchev–Trinajstić information content (AvgIpc) is 3.34. The molecule has 9 heteroatoms. The van der Waals surface area contributed by atoms with Crippen LogP contribution in [0.1, 0.15) is 5.56 Å². The summed E-state index contributed by atoms with van der Waals surface area (Å²) in [5.41, 5.74) is 2.09. The van der Waals surface area contributed by atoms with Crippen molar-refractivity contribution >= 4 is 27.9 Å². The Hall–Kier alpha value is -5.70. The van der Waals surface area contributed by atoms with Crippen LogP contribution in [-0.4, -0.2) is 33.5 Å². The number of furan rings is 1. The van der Waals surface area contributed by atoms with Crippen LogP contribution in [0.2, 0.25) is 0 Å². The average molecular weight is 551 g/mol. The van der Waals surface area contributed by atoms with Gasteiger partial charge in [-0.2, -0.15) is 0 Å². The predicted molar refractivity (Wildman–Crippen MR) is 151 cm³/mol. The summed E-state index contributed by atoms with van der Waals surface area (Å²) in [5, 5.41) is 41.1. The van der Waals surface area contributed by atoms with Crippen molar-refractivity contribution in [2.24, 2.45) is 0 Å². The number of methoxy groups -OCH3 is 1. The van der Waals surface area contributed by atoms with E-state index in [0.717, 1.165) is 17.2 Å². The number of phenols is 3. The van der Waals surface area contributed by atoms with E-state index in [1.807, 2.05) is 54.6 Å². The molecule has 0 spiro atoms. The van der Waals surface area contributed by atoms with Crippen LogP contribution in [0.25, 0.3) is 55.7 Å². The van der Waals surface area contributed by atoms with Crippen LogP contribution in [0.15, 0.2) is 92.5 Å². The number of hydrogen-bond donors (Lipinski definition) is 4. The molecule has 0 unspecified atom stereocenters. The molecule has 0 atom stereocenters. The highest BCUT2D eigenvalue weighted by Crippen LogP contribution is 2.44. The van der Waals surface area contributed by atoms with E-state index in [-0.39, 0.29) is 39.7 Å². The summed E-state index contributed by atoms with van der Waals surface area (Å²) in [6.07, 6.45) is -0.251. The fourth-order valence-corrected chi connectivity index (χ4v) is 4.89. The van der Waals surface area contributed by atoms with Gasteiger partial charge in [0.1, 0.15) is 22.5 Å². The van der Waals surface area contributed by atoms with Gasteiger partial charge in [-0.1, -0.05) is 54.6 Å². The molecule has 0 saturated heterocycles. The van der Waals surface area contributed by atoms with Gasteiger partial charge in [0.2, 0.25) is 11.2 Å². The van der Waals surface area contributed by atoms with Crippen molar-refractivity contribution in [1.82, 2.24) is 0 Å². The third-order valence-electron chi connectivity index (χ3n) is 6.91. The van der Waals surface area contributed by atoms with Gasteiger partial charge in [-0.05, 0) is 29.3 Å². The summed E-state index contributed by atoms with van der Waals surface area (Å²) in [7, 11) is 1.25. The monoisotopic (exact) mass is 550 g/mol. The normalized spacial score (nSPS) is 11.2. The van der Waals surface area contributed by atoms with Crippen LogP contribution in [-0.2, 0) is 16.0 Å². The number of fused-ring (bicyclic) bond motifs is 3. The van der Waals surface area contributed by atoms with Gasteiger partial charge in [-0.3, -0.25) is 9.59 Å². The van der Waals surface area contributed by atoms with Crippen LogP contribution >= 0.6 is 0 Å². The van der Waals surface area contributed by atoms with E-state index in [4.69, 9.17) is 13.6 Å². The van der Waals surface area contributed by atoms with Gasteiger partial charge in [-0.25, -0.2) is 0 Å². The third-order valence-corrected chi connectivity index (χ3v) is 6.91. The van der Waals surface area contributed by atoms with Crippen molar-refractivity contribution in [3.63, 3.8) is 0 Å². The molecular weight excluding hydrogens is 528 g/mol. The number of benzene rings is 4. The number of ether oxygens (including phenoxy) is 1. The van der Waals surface area contributed by atoms with Gasteiger partial charge in [-0.15, -0.1) is 0 Å². The summed E-state index contributed by atoms with van der Waals surface area (Å²) in [6, 6.07) is 22.1. The molecule has 9 nitrogen and oxygen atoms in total. The van der Waals surface area contributed by atoms with Crippen LogP contribution in [0.4, 0.5) is 0 Å². The molecule has 6 rings (SSSR count). The van der Waals surface area contributed by atoms with Crippen molar-refractivity contribution in [3.8, 4) is 56.8 Å². The zero-order valence-electron chi connectivity index (χ0n) is 21.5. The van der Waals surface area contributed by atoms with Gasteiger partial charge < -0.3 is 34.0 Å². The zero-order chi connectivity index (χ0) is 28.8. The lowest BCUT2D eigenvalue weighted by atomic mass is 9.98. The largest absolute Gasteiger partial charge is 0.507 e. The molecular formula is C32H22O9. The number of aromatic hydroxyl groups is 4. The minimum absolute atomic E-state index is 0.0861. The highest BCUT2D eigenvalue weighted by Gasteiger charge is 2.27. The number of carbonyl (C=O) groups is 1. The quantitative estimate of drug-likeness (QED) is 0.148. The number of phenolic OH excluding ortho intramolecular Hbond substituents is 3. The maximum absolute atomic E-state index is 13.3. The molecule has 2 aromatic heterocycles. The first kappa shape index (κ1) is 25.6. The molecule has 204 valence electrons. The van der Waals surface area contributed by atoms with E-state index in [9.17, 15) is 30.0 Å². The van der Waals surface area contributed by atoms with E-state index >= 15 is 0 Å². The topological polar surface area (TPSA) is 151 Å². The lowest BCUT2D eigenvalue weighted by Crippen LogP contribution is -2.06. The first-order valence-corrected chi connectivity index (χ1v) is 12.5. The Labute approximate surface area is 231 Å². The second-order valence-electron chi connectivity index (χ2n) is 9.39. The highest BCUT2D eigenvalue weighted by molar-refractivity contribution is 6.10. The summed E-state index contributed by atoms with van der Waals surface area (Å²) < 4.78 is 17.1. The molecule has 41 heavy (non-hydrogen) atoms. The van der Waals surface area contributed by atoms with Crippen LogP contribution in [0, 0.1) is 0 Å². The Balaban J connectivity index is 1.63. The molecule has 0 aliphatic carbocycles. The SMILES string of the molecule is COC(=O)Cc1c(-c2ccc(-c3ccccc3)cc2)oc2cc(O)c3c(=O)c(O)c(-c4ccc(O)c(O)c4)oc3c12. The molecule has 0 radical (unpaired) electrons. The van der Waals surface area contributed by atoms with Crippen molar-refractivity contribution in [2.45, 2.75) is 6.42 Å². The van der Waals surface area contributed by atoms with Gasteiger partial charge in [0, 0.05) is 22.8 Å². The fourth-order valence-electron chi connectivity index (χ4n) is 4.89. The van der Waals surface area contributed by atoms with E-state index in [0.29, 0.717) is 16.9 Å². The number of rotatable bonds is 5. The zero-order valence-corrected chi connectivity index (χ0v) is 21.5. The second-order valence-corrected chi connectivity index (χ2v) is 9.39. The smallest absolute Gasteiger partial charge is 0.310 e. The van der Waals surface area contributed by atoms with Crippen LogP contribution in [0.3, 0.4) is 0 Å². The molecule has 4 N–H and O–H groups in total. The van der Waals surface area contributed by atoms with Gasteiger partial charge in [0.15, 0.2) is 22.8 Å². The summed E-state index contributed by atoms with van der Waals surface area (Å²) in [5.74, 6) is -2.81. The maximum atomic E-state index is 13.3. The van der Waals surface area contributed by atoms with Crippen LogP contribution < -0.4 is 5.43 Å². The molecule has 0 bridgehead atoms. The molecule has 0 saturated carbocycles. The van der Waals surface area contributed by atoms with Crippen molar-refractivity contribution < 1.29 is 38.8 Å². The molecule has 6 aromatic rings. The minimum Gasteiger partial charge on any atom is -0.507 e. The molecule has 0 aliphatic heterocycles. The first-order chi connectivity index (χ1) is 19.8. The van der Waals surface area contributed by atoms with Crippen molar-refractivity contribution in [1.29, 1.82) is 0 Å². The number of hydrogen-bond acceptors (Lipinski definition) is 9. The lowest BCUT2D eigenvalue weighted by molar-refractivity contribution is -0.139. The first-order valence-electron chi connectivity index (χ1n) is 12.5. The Morgan fingerprint density at radius 3 is 2.05 bits per heavy atom. The second kappa shape index (κ2) is 9.80. The molecule has 4 aromatic carbocycles. The standard InChI is InChI=1S/C32H22O9/c1-39-25(36)14-20-26-24(40-30(20)18-9-7-17(8-10-18)16-5-3-2-4-6-16)15-23(35)27-28(37)29(38)31(41-32(26)27)19-11-12-21(33)22(34)13-19/h2-13,15,33-35,38H,14H2,1H3. The van der Waals surface area contributed by atoms with Gasteiger partial charge in [0.25, 0.3) is 0 Å². The van der Waals surface area contributed by atoms with E-state index < -0.39 is 34.4 Å². The Morgan fingerprint density at radius 2 is 1.37 bits per heavy atom. The Bertz CT molecular complexity index is 2020. The predicted octanol–water partition coefficient (Wildman–Crippen LogP) is 6.08. The number of carbonyl (C=O) groups excluding carboxylic acids is 1. The highest BCUT2D eigenvalue weighted by atomic mass is 16.5. The maximum Gasteiger partial charge on any atom is 0.310 e. The van der Waals surface area contributed by atoms with Gasteiger partial charge in [0.05, 0.1) is 18.9 Å². The number of esters is 1.